The minimum Gasteiger partial charge on any atom is -0.290 e. The zero-order chi connectivity index (χ0) is 22.8. The molecule has 1 heterocycles. The lowest BCUT2D eigenvalue weighted by molar-refractivity contribution is -0.191. The van der Waals surface area contributed by atoms with Crippen molar-refractivity contribution < 1.29 is 19.2 Å². The number of hydrogen-bond acceptors (Lipinski definition) is 6. The van der Waals surface area contributed by atoms with Crippen LogP contribution in [0, 0.1) is 0 Å². The molecule has 3 aromatic carbocycles. The molecule has 0 bridgehead atoms. The molecule has 4 rings (SSSR count). The van der Waals surface area contributed by atoms with Gasteiger partial charge in [0.1, 0.15) is 0 Å². The third-order valence-electron chi connectivity index (χ3n) is 4.13. The number of amides is 2. The molecule has 0 saturated carbocycles. The lowest BCUT2D eigenvalue weighted by Gasteiger charge is -2.06. The molecule has 0 aliphatic heterocycles. The van der Waals surface area contributed by atoms with Crippen LogP contribution in [0.15, 0.2) is 91.0 Å². The van der Waals surface area contributed by atoms with E-state index in [1.807, 2.05) is 42.5 Å². The number of aromatic nitrogens is 3. The van der Waals surface area contributed by atoms with E-state index in [9.17, 15) is 9.59 Å². The fourth-order valence-electron chi connectivity index (χ4n) is 2.72. The molecule has 32 heavy (non-hydrogen) atoms. The maximum absolute atomic E-state index is 12.6. The number of anilines is 2. The fraction of sp³-hybridized carbons (Fsp3) is 0. The molecular formula is C23H17N5O4. The summed E-state index contributed by atoms with van der Waals surface area (Å²) in [5.74, 6) is -0.368. The molecule has 1 aromatic heterocycles. The monoisotopic (exact) mass is 427 g/mol. The number of nitrogens with one attached hydrogen (secondary N) is 2. The van der Waals surface area contributed by atoms with E-state index in [0.29, 0.717) is 16.8 Å². The molecule has 4 aromatic rings. The normalized spacial score (nSPS) is 9.62. The highest BCUT2D eigenvalue weighted by molar-refractivity contribution is 6.04. The highest BCUT2D eigenvalue weighted by Crippen LogP contribution is 2.17. The number of carbonyl (C=O) groups is 2. The molecule has 0 aliphatic rings. The number of nitrogens with zero attached hydrogens (tertiary/aromatic N) is 3. The van der Waals surface area contributed by atoms with Gasteiger partial charge >= 0.3 is 6.15 Å². The van der Waals surface area contributed by atoms with Crippen molar-refractivity contribution in [1.82, 2.24) is 14.8 Å². The van der Waals surface area contributed by atoms with E-state index < -0.39 is 0 Å². The van der Waals surface area contributed by atoms with Crippen molar-refractivity contribution in [2.24, 2.45) is 0 Å². The number of carbonyl (C=O) groups excluding carboxylic acids is 4. The van der Waals surface area contributed by atoms with Crippen LogP contribution in [-0.4, -0.2) is 32.7 Å². The quantitative estimate of drug-likeness (QED) is 0.504. The zero-order valence-corrected chi connectivity index (χ0v) is 16.6. The Balaban J connectivity index is 0.000000913. The second-order valence-corrected chi connectivity index (χ2v) is 6.23. The topological polar surface area (TPSA) is 123 Å². The first kappa shape index (κ1) is 21.8. The van der Waals surface area contributed by atoms with Crippen molar-refractivity contribution in [3.05, 3.63) is 102 Å². The van der Waals surface area contributed by atoms with E-state index in [2.05, 4.69) is 20.7 Å². The Morgan fingerprint density at radius 3 is 1.62 bits per heavy atom. The van der Waals surface area contributed by atoms with Gasteiger partial charge < -0.3 is 0 Å². The molecule has 0 spiro atoms. The average molecular weight is 427 g/mol. The molecule has 0 fully saturated rings. The van der Waals surface area contributed by atoms with Crippen LogP contribution in [0.3, 0.4) is 0 Å². The summed E-state index contributed by atoms with van der Waals surface area (Å²) >= 11 is 0. The van der Waals surface area contributed by atoms with Gasteiger partial charge in [0.25, 0.3) is 17.8 Å². The van der Waals surface area contributed by atoms with E-state index in [-0.39, 0.29) is 29.9 Å². The Morgan fingerprint density at radius 2 is 1.12 bits per heavy atom. The fourth-order valence-corrected chi connectivity index (χ4v) is 2.72. The van der Waals surface area contributed by atoms with Crippen LogP contribution in [0.1, 0.15) is 20.7 Å². The molecule has 9 heteroatoms. The highest BCUT2D eigenvalue weighted by atomic mass is 16.2. The minimum absolute atomic E-state index is 0.0890. The predicted octanol–water partition coefficient (Wildman–Crippen LogP) is 3.19. The van der Waals surface area contributed by atoms with Crippen molar-refractivity contribution in [2.75, 3.05) is 10.6 Å². The van der Waals surface area contributed by atoms with Crippen molar-refractivity contribution >= 4 is 29.9 Å². The molecule has 0 saturated heterocycles. The summed E-state index contributed by atoms with van der Waals surface area (Å²) in [5, 5.41) is 9.78. The Labute approximate surface area is 182 Å². The standard InChI is InChI=1S/C22H17N5O2.CO2/c28-19(16-10-4-1-5-11-16)23-21-25-22(24-20(29)17-12-6-2-7-13-17)27(26-21)18-14-8-3-9-15-18;2-1-3/h1-15H,(H2,23,24,25,26,28,29);. The third-order valence-corrected chi connectivity index (χ3v) is 4.13. The minimum atomic E-state index is -0.336. The summed E-state index contributed by atoms with van der Waals surface area (Å²) in [6, 6.07) is 26.8. The van der Waals surface area contributed by atoms with E-state index in [0.717, 1.165) is 0 Å². The summed E-state index contributed by atoms with van der Waals surface area (Å²) in [4.78, 5) is 45.6. The smallest absolute Gasteiger partial charge is 0.290 e. The maximum Gasteiger partial charge on any atom is 0.373 e. The van der Waals surface area contributed by atoms with Gasteiger partial charge in [-0.1, -0.05) is 54.6 Å². The van der Waals surface area contributed by atoms with Gasteiger partial charge in [-0.15, -0.1) is 5.10 Å². The predicted molar refractivity (Wildman–Crippen MR) is 115 cm³/mol. The zero-order valence-electron chi connectivity index (χ0n) is 16.6. The van der Waals surface area contributed by atoms with Crippen molar-refractivity contribution in [2.45, 2.75) is 0 Å². The second-order valence-electron chi connectivity index (χ2n) is 6.23. The molecule has 2 N–H and O–H groups in total. The number of benzene rings is 3. The summed E-state index contributed by atoms with van der Waals surface area (Å²) in [6.45, 7) is 0. The van der Waals surface area contributed by atoms with Gasteiger partial charge in [-0.2, -0.15) is 19.3 Å². The van der Waals surface area contributed by atoms with Crippen LogP contribution in [0.5, 0.6) is 0 Å². The highest BCUT2D eigenvalue weighted by Gasteiger charge is 2.17. The van der Waals surface area contributed by atoms with Gasteiger partial charge in [0, 0.05) is 11.1 Å². The maximum atomic E-state index is 12.6. The van der Waals surface area contributed by atoms with E-state index in [1.165, 1.54) is 4.68 Å². The summed E-state index contributed by atoms with van der Waals surface area (Å²) in [7, 11) is 0. The summed E-state index contributed by atoms with van der Waals surface area (Å²) in [6.07, 6.45) is 0.250. The molecule has 9 nitrogen and oxygen atoms in total. The number of rotatable bonds is 5. The molecule has 0 aliphatic carbocycles. The Morgan fingerprint density at radius 1 is 0.688 bits per heavy atom. The van der Waals surface area contributed by atoms with Crippen molar-refractivity contribution in [3.63, 3.8) is 0 Å². The van der Waals surface area contributed by atoms with Crippen LogP contribution in [0.2, 0.25) is 0 Å². The molecular weight excluding hydrogens is 410 g/mol. The molecule has 158 valence electrons. The van der Waals surface area contributed by atoms with E-state index in [4.69, 9.17) is 9.59 Å². The van der Waals surface area contributed by atoms with Crippen molar-refractivity contribution in [3.8, 4) is 5.69 Å². The SMILES string of the molecule is O=C(Nc1nc(NC(=O)c2ccccc2)n(-c2ccccc2)n1)c1ccccc1.O=C=O. The van der Waals surface area contributed by atoms with Gasteiger partial charge in [-0.05, 0) is 36.4 Å². The lowest BCUT2D eigenvalue weighted by atomic mass is 10.2. The van der Waals surface area contributed by atoms with Crippen LogP contribution in [0.4, 0.5) is 11.9 Å². The molecule has 0 radical (unpaired) electrons. The molecule has 0 atom stereocenters. The van der Waals surface area contributed by atoms with Gasteiger partial charge in [-0.25, -0.2) is 0 Å². The third kappa shape index (κ3) is 5.59. The van der Waals surface area contributed by atoms with Crippen LogP contribution in [0.25, 0.3) is 5.69 Å². The first-order valence-electron chi connectivity index (χ1n) is 9.37. The summed E-state index contributed by atoms with van der Waals surface area (Å²) in [5.41, 5.74) is 1.67. The van der Waals surface area contributed by atoms with E-state index in [1.54, 1.807) is 48.5 Å². The van der Waals surface area contributed by atoms with Gasteiger partial charge in [0.15, 0.2) is 0 Å². The first-order chi connectivity index (χ1) is 15.6. The van der Waals surface area contributed by atoms with Gasteiger partial charge in [-0.3, -0.25) is 20.2 Å². The van der Waals surface area contributed by atoms with Crippen LogP contribution >= 0.6 is 0 Å². The molecule has 0 unspecified atom stereocenters. The average Bonchev–Trinajstić information content (AvgIpc) is 3.23. The first-order valence-corrected chi connectivity index (χ1v) is 9.37. The van der Waals surface area contributed by atoms with E-state index >= 15 is 0 Å². The van der Waals surface area contributed by atoms with Crippen LogP contribution < -0.4 is 10.6 Å². The number of para-hydroxylation sites is 1. The number of hydrogen-bond donors (Lipinski definition) is 2. The van der Waals surface area contributed by atoms with Crippen molar-refractivity contribution in [1.29, 1.82) is 0 Å². The second kappa shape index (κ2) is 10.8. The Hall–Kier alpha value is -4.88. The van der Waals surface area contributed by atoms with Crippen LogP contribution in [-0.2, 0) is 9.59 Å². The Kier molecular flexibility index (Phi) is 7.34. The molecule has 2 amide bonds. The Bertz CT molecular complexity index is 1220. The van der Waals surface area contributed by atoms with Gasteiger partial charge in [0.2, 0.25) is 5.95 Å². The lowest BCUT2D eigenvalue weighted by Crippen LogP contribution is -2.15. The van der Waals surface area contributed by atoms with Gasteiger partial charge in [0.05, 0.1) is 5.69 Å². The summed E-state index contributed by atoms with van der Waals surface area (Å²) < 4.78 is 1.47. The largest absolute Gasteiger partial charge is 0.373 e.